The van der Waals surface area contributed by atoms with Gasteiger partial charge in [-0.3, -0.25) is 29.3 Å². The van der Waals surface area contributed by atoms with Crippen molar-refractivity contribution in [2.24, 2.45) is 0 Å². The van der Waals surface area contributed by atoms with Crippen LogP contribution in [0.25, 0.3) is 32.7 Å². The van der Waals surface area contributed by atoms with E-state index >= 15 is 0 Å². The molecule has 0 radical (unpaired) electrons. The van der Waals surface area contributed by atoms with E-state index in [1.165, 1.54) is 30.3 Å². The molecule has 1 aliphatic rings. The van der Waals surface area contributed by atoms with Gasteiger partial charge in [-0.15, -0.1) is 0 Å². The van der Waals surface area contributed by atoms with Gasteiger partial charge >= 0.3 is 0 Å². The highest BCUT2D eigenvalue weighted by molar-refractivity contribution is 6.12. The number of anilines is 6. The number of pyridine rings is 2. The highest BCUT2D eigenvalue weighted by Crippen LogP contribution is 2.48. The van der Waals surface area contributed by atoms with E-state index in [0.717, 1.165) is 34.3 Å². The Morgan fingerprint density at radius 1 is 0.481 bits per heavy atom. The van der Waals surface area contributed by atoms with Gasteiger partial charge in [0.25, 0.3) is 29.3 Å². The quantitative estimate of drug-likeness (QED) is 0.0740. The Labute approximate surface area is 453 Å². The van der Waals surface area contributed by atoms with Crippen molar-refractivity contribution < 1.29 is 33.6 Å². The zero-order valence-electron chi connectivity index (χ0n) is 43.0. The summed E-state index contributed by atoms with van der Waals surface area (Å²) in [5.74, 6) is 10.9. The van der Waals surface area contributed by atoms with Gasteiger partial charge in [-0.1, -0.05) is 84.3 Å². The molecule has 1 aliphatic heterocycles. The lowest BCUT2D eigenvalue weighted by Gasteiger charge is -2.22. The summed E-state index contributed by atoms with van der Waals surface area (Å²) in [5, 5.41) is 25.7. The fourth-order valence-corrected chi connectivity index (χ4v) is 8.74. The Morgan fingerprint density at radius 2 is 0.873 bits per heavy atom. The van der Waals surface area contributed by atoms with E-state index in [-0.39, 0.29) is 45.9 Å². The molecule has 0 atom stereocenters. The zero-order chi connectivity index (χ0) is 55.2. The number of nitrogens with one attached hydrogen (secondary N) is 4. The van der Waals surface area contributed by atoms with Crippen molar-refractivity contribution in [1.29, 1.82) is 0 Å². The van der Waals surface area contributed by atoms with Crippen LogP contribution in [0.15, 0.2) is 164 Å². The molecular weight excluding hydrogens is 999 g/mol. The molecule has 7 aromatic carbocycles. The second kappa shape index (κ2) is 22.4. The van der Waals surface area contributed by atoms with Gasteiger partial charge in [0.05, 0.1) is 16.1 Å². The first kappa shape index (κ1) is 51.4. The molecule has 0 saturated carbocycles. The summed E-state index contributed by atoms with van der Waals surface area (Å²) in [5.41, 5.74) is 4.23. The third-order valence-corrected chi connectivity index (χ3v) is 12.6. The zero-order valence-corrected chi connectivity index (χ0v) is 43.0. The number of carbonyl (C=O) groups excluding carboxylic acids is 4. The van der Waals surface area contributed by atoms with Gasteiger partial charge in [-0.2, -0.15) is 0 Å². The number of nitro benzene ring substituents is 1. The molecule has 0 saturated heterocycles. The summed E-state index contributed by atoms with van der Waals surface area (Å²) >= 11 is 0. The van der Waals surface area contributed by atoms with Crippen molar-refractivity contribution in [1.82, 2.24) is 9.97 Å². The number of amides is 4. The van der Waals surface area contributed by atoms with Gasteiger partial charge in [0.2, 0.25) is 0 Å². The number of fused-ring (bicyclic) bond motifs is 13. The number of nitro groups is 1. The van der Waals surface area contributed by atoms with E-state index in [1.54, 1.807) is 12.1 Å². The van der Waals surface area contributed by atoms with Crippen LogP contribution in [0.5, 0.6) is 11.5 Å². The summed E-state index contributed by atoms with van der Waals surface area (Å²) in [6.45, 7) is -1.14. The van der Waals surface area contributed by atoms with Crippen LogP contribution in [0.3, 0.4) is 0 Å². The molecule has 0 fully saturated rings. The first-order chi connectivity index (χ1) is 38.2. The number of rotatable bonds is 3. The van der Waals surface area contributed by atoms with E-state index in [4.69, 9.17) is 9.47 Å². The lowest BCUT2D eigenvalue weighted by Crippen LogP contribution is -2.22. The van der Waals surface area contributed by atoms with Gasteiger partial charge in [-0.05, 0) is 113 Å². The van der Waals surface area contributed by atoms with E-state index in [2.05, 4.69) is 54.9 Å². The topological polar surface area (TPSA) is 210 Å². The number of carbonyl (C=O) groups is 4. The summed E-state index contributed by atoms with van der Waals surface area (Å²) in [6, 6.07) is 46.9. The minimum Gasteiger partial charge on any atom is -0.482 e. The average Bonchev–Trinajstić information content (AvgIpc) is 3.60. The summed E-state index contributed by atoms with van der Waals surface area (Å²) in [7, 11) is 7.81. The minimum absolute atomic E-state index is 0.0178. The number of ether oxygens (including phenoxy) is 2. The highest BCUT2D eigenvalue weighted by atomic mass is 16.6. The van der Waals surface area contributed by atoms with Crippen LogP contribution in [0.2, 0.25) is 0 Å². The van der Waals surface area contributed by atoms with Crippen molar-refractivity contribution in [2.45, 2.75) is 0 Å². The lowest BCUT2D eigenvalue weighted by atomic mass is 9.88. The SMILES string of the molecule is CN(C)c1ccc(C#Cc2cc3ccccc3c3c2OCC(=O)Nc2cccc(n2)NC(=O)c2cc(cc([N+](=O)[O-])c2)C(=O)Nc2cccc(n2)NC(=O)COc2c(C#Cc4ccc(N(C)C)cc4)cc4ccccc4c2-3)cc1. The largest absolute Gasteiger partial charge is 0.482 e. The lowest BCUT2D eigenvalue weighted by molar-refractivity contribution is -0.384. The van der Waals surface area contributed by atoms with Crippen LogP contribution in [-0.2, 0) is 9.59 Å². The molecule has 10 rings (SSSR count). The van der Waals surface area contributed by atoms with Crippen molar-refractivity contribution in [3.63, 3.8) is 0 Å². The van der Waals surface area contributed by atoms with Crippen LogP contribution in [-0.4, -0.2) is 79.9 Å². The highest BCUT2D eigenvalue weighted by Gasteiger charge is 2.26. The van der Waals surface area contributed by atoms with Crippen LogP contribution in [0.4, 0.5) is 40.3 Å². The normalized spacial score (nSPS) is 12.6. The molecule has 388 valence electrons. The molecule has 17 nitrogen and oxygen atoms in total. The van der Waals surface area contributed by atoms with Crippen molar-refractivity contribution >= 4 is 85.5 Å². The number of nitrogens with zero attached hydrogens (tertiary/aromatic N) is 5. The predicted octanol–water partition coefficient (Wildman–Crippen LogP) is 10.1. The molecule has 2 aromatic heterocycles. The number of aromatic nitrogens is 2. The summed E-state index contributed by atoms with van der Waals surface area (Å²) in [4.78, 5) is 79.9. The second-order valence-corrected chi connectivity index (χ2v) is 18.5. The van der Waals surface area contributed by atoms with Gasteiger partial charge < -0.3 is 40.5 Å². The molecule has 0 spiro atoms. The van der Waals surface area contributed by atoms with Crippen LogP contribution in [0.1, 0.15) is 43.0 Å². The molecule has 17 heteroatoms. The molecule has 4 amide bonds. The van der Waals surface area contributed by atoms with Gasteiger partial charge in [0, 0.05) is 85.1 Å². The van der Waals surface area contributed by atoms with E-state index in [0.29, 0.717) is 44.2 Å². The molecule has 6 bridgehead atoms. The predicted molar refractivity (Wildman–Crippen MR) is 306 cm³/mol. The Bertz CT molecular complexity index is 3810. The van der Waals surface area contributed by atoms with Crippen LogP contribution >= 0.6 is 0 Å². The smallest absolute Gasteiger partial charge is 0.271 e. The average molecular weight is 1050 g/mol. The van der Waals surface area contributed by atoms with Crippen molar-refractivity contribution in [3.8, 4) is 46.3 Å². The number of benzene rings is 7. The maximum absolute atomic E-state index is 14.2. The monoisotopic (exact) mass is 1050 g/mol. The molecule has 9 aromatic rings. The van der Waals surface area contributed by atoms with Crippen molar-refractivity contribution in [3.05, 3.63) is 207 Å². The Balaban J connectivity index is 1.17. The number of hydrogen-bond donors (Lipinski definition) is 4. The molecule has 0 unspecified atom stereocenters. The molecule has 3 heterocycles. The van der Waals surface area contributed by atoms with E-state index in [9.17, 15) is 29.3 Å². The fourth-order valence-electron chi connectivity index (χ4n) is 8.74. The first-order valence-corrected chi connectivity index (χ1v) is 24.7. The molecule has 4 N–H and O–H groups in total. The Hall–Kier alpha value is -11.0. The first-order valence-electron chi connectivity index (χ1n) is 24.7. The van der Waals surface area contributed by atoms with Gasteiger partial charge in [0.15, 0.2) is 13.2 Å². The molecule has 0 aliphatic carbocycles. The third kappa shape index (κ3) is 11.8. The standard InChI is InChI=1S/C62H47N9O8/c1-69(2)46-27-21-38(22-28-46)19-25-42-31-40-11-5-7-13-49(40)57-58-50-14-8-6-12-41(50)32-43(26-20-39-23-29-47(30-24-39)70(3)4)60(58)79-37-56(73)66-52-16-10-18-54(64-52)68-62(75)45-33-44(34-48(35-45)71(76)77)61(74)67-53-17-9-15-51(63-53)65-55(72)36-78-59(42)57/h5-18,21-24,27-35H,36-37H2,1-4H3,(H2,63,65,67,72,74)(H2,64,66,68,73,75). The van der Waals surface area contributed by atoms with Crippen molar-refractivity contribution in [2.75, 3.05) is 72.5 Å². The Kier molecular flexibility index (Phi) is 14.6. The summed E-state index contributed by atoms with van der Waals surface area (Å²) in [6.07, 6.45) is 0. The Morgan fingerprint density at radius 3 is 1.27 bits per heavy atom. The van der Waals surface area contributed by atoms with Crippen LogP contribution in [0, 0.1) is 33.8 Å². The second-order valence-electron chi connectivity index (χ2n) is 18.5. The molecule has 79 heavy (non-hydrogen) atoms. The fraction of sp³-hybridized carbons (Fsp3) is 0.0968. The maximum Gasteiger partial charge on any atom is 0.271 e. The number of non-ortho nitro benzene ring substituents is 1. The minimum atomic E-state index is -0.834. The van der Waals surface area contributed by atoms with E-state index < -0.39 is 47.5 Å². The molecular formula is C62H47N9O8. The van der Waals surface area contributed by atoms with Crippen LogP contribution < -0.4 is 40.5 Å². The van der Waals surface area contributed by atoms with E-state index in [1.807, 2.05) is 147 Å². The number of hydrogen-bond acceptors (Lipinski definition) is 12. The van der Waals surface area contributed by atoms with Gasteiger partial charge in [0.1, 0.15) is 34.8 Å². The third-order valence-electron chi connectivity index (χ3n) is 12.6. The van der Waals surface area contributed by atoms with Gasteiger partial charge in [-0.25, -0.2) is 9.97 Å². The summed E-state index contributed by atoms with van der Waals surface area (Å²) < 4.78 is 13.5. The maximum atomic E-state index is 14.2.